The van der Waals surface area contributed by atoms with Gasteiger partial charge in [0.1, 0.15) is 18.1 Å². The van der Waals surface area contributed by atoms with Crippen LogP contribution in [0.5, 0.6) is 11.5 Å². The number of rotatable bonds is 9. The summed E-state index contributed by atoms with van der Waals surface area (Å²) >= 11 is 0. The van der Waals surface area contributed by atoms with E-state index in [-0.39, 0.29) is 18.2 Å². The Labute approximate surface area is 216 Å². The van der Waals surface area contributed by atoms with Gasteiger partial charge in [-0.2, -0.15) is 5.10 Å². The van der Waals surface area contributed by atoms with Crippen molar-refractivity contribution >= 4 is 23.2 Å². The van der Waals surface area contributed by atoms with E-state index in [1.165, 1.54) is 0 Å². The number of hydrogen-bond donors (Lipinski definition) is 2. The number of amides is 2. The van der Waals surface area contributed by atoms with Gasteiger partial charge in [0.2, 0.25) is 0 Å². The van der Waals surface area contributed by atoms with Gasteiger partial charge < -0.3 is 20.1 Å². The van der Waals surface area contributed by atoms with Crippen LogP contribution in [0.4, 0.5) is 11.4 Å². The van der Waals surface area contributed by atoms with Crippen LogP contribution in [0.3, 0.4) is 0 Å². The minimum atomic E-state index is -0.411. The van der Waals surface area contributed by atoms with Crippen LogP contribution in [-0.4, -0.2) is 28.7 Å². The molecule has 1 heterocycles. The Balaban J connectivity index is 1.54. The van der Waals surface area contributed by atoms with Gasteiger partial charge in [-0.15, -0.1) is 0 Å². The minimum absolute atomic E-state index is 0.131. The van der Waals surface area contributed by atoms with E-state index in [0.717, 1.165) is 22.4 Å². The highest BCUT2D eigenvalue weighted by atomic mass is 16.5. The number of nitrogens with one attached hydrogen (secondary N) is 2. The topological polar surface area (TPSA) is 94.5 Å². The Hall–Kier alpha value is -4.59. The van der Waals surface area contributed by atoms with E-state index in [1.54, 1.807) is 48.3 Å². The maximum Gasteiger partial charge on any atom is 0.278 e. The summed E-state index contributed by atoms with van der Waals surface area (Å²) in [6.45, 7) is 6.67. The van der Waals surface area contributed by atoms with Gasteiger partial charge >= 0.3 is 0 Å². The number of carbonyl (C=O) groups excluding carboxylic acids is 2. The zero-order valence-corrected chi connectivity index (χ0v) is 21.4. The fraction of sp³-hybridized carbons (Fsp3) is 0.207. The highest BCUT2D eigenvalue weighted by Crippen LogP contribution is 2.26. The van der Waals surface area contributed by atoms with Gasteiger partial charge in [-0.25, -0.2) is 0 Å². The number of benzene rings is 3. The third-order valence-corrected chi connectivity index (χ3v) is 5.85. The summed E-state index contributed by atoms with van der Waals surface area (Å²) < 4.78 is 13.1. The number of hydrogen-bond acceptors (Lipinski definition) is 5. The molecule has 3 aromatic carbocycles. The van der Waals surface area contributed by atoms with E-state index in [9.17, 15) is 9.59 Å². The predicted octanol–water partition coefficient (Wildman–Crippen LogP) is 5.61. The van der Waals surface area contributed by atoms with Crippen molar-refractivity contribution in [2.24, 2.45) is 0 Å². The number of methoxy groups -OCH3 is 1. The van der Waals surface area contributed by atoms with Crippen LogP contribution in [0.1, 0.15) is 44.5 Å². The Bertz CT molecular complexity index is 1410. The van der Waals surface area contributed by atoms with Crippen molar-refractivity contribution in [2.45, 2.75) is 33.9 Å². The van der Waals surface area contributed by atoms with Crippen LogP contribution >= 0.6 is 0 Å². The minimum Gasteiger partial charge on any atom is -0.496 e. The molecule has 8 heteroatoms. The summed E-state index contributed by atoms with van der Waals surface area (Å²) in [6, 6.07) is 20.2. The fourth-order valence-electron chi connectivity index (χ4n) is 3.80. The molecular formula is C29H30N4O4. The molecule has 37 heavy (non-hydrogen) atoms. The first kappa shape index (κ1) is 25.5. The third-order valence-electron chi connectivity index (χ3n) is 5.85. The van der Waals surface area contributed by atoms with Crippen molar-refractivity contribution in [1.29, 1.82) is 0 Å². The molecule has 0 saturated carbocycles. The van der Waals surface area contributed by atoms with Crippen LogP contribution < -0.4 is 20.1 Å². The smallest absolute Gasteiger partial charge is 0.278 e. The van der Waals surface area contributed by atoms with Crippen LogP contribution in [0.25, 0.3) is 0 Å². The van der Waals surface area contributed by atoms with Crippen LogP contribution in [-0.2, 0) is 13.2 Å². The van der Waals surface area contributed by atoms with Crippen molar-refractivity contribution in [3.05, 3.63) is 101 Å². The van der Waals surface area contributed by atoms with Gasteiger partial charge in [0, 0.05) is 29.6 Å². The lowest BCUT2D eigenvalue weighted by Crippen LogP contribution is -2.18. The van der Waals surface area contributed by atoms with Crippen molar-refractivity contribution in [3.63, 3.8) is 0 Å². The Morgan fingerprint density at radius 3 is 2.43 bits per heavy atom. The standard InChI is InChI=1S/C29H30N4O4/c1-5-33-17-24(27(32-33)29(35)30-23-9-7-6-8-10-23)31-28(34)21-13-14-25(36-4)22(16-21)18-37-26-15-19(2)11-12-20(26)3/h6-17H,5,18H2,1-4H3,(H,30,35)(H,31,34). The molecule has 8 nitrogen and oxygen atoms in total. The van der Waals surface area contributed by atoms with Gasteiger partial charge in [0.25, 0.3) is 11.8 Å². The molecule has 0 radical (unpaired) electrons. The van der Waals surface area contributed by atoms with Gasteiger partial charge in [0.05, 0.1) is 12.8 Å². The van der Waals surface area contributed by atoms with E-state index in [1.807, 2.05) is 57.2 Å². The van der Waals surface area contributed by atoms with E-state index >= 15 is 0 Å². The molecule has 0 aliphatic carbocycles. The fourth-order valence-corrected chi connectivity index (χ4v) is 3.80. The summed E-state index contributed by atoms with van der Waals surface area (Å²) in [5.41, 5.74) is 4.34. The number of nitrogens with zero attached hydrogens (tertiary/aromatic N) is 2. The van der Waals surface area contributed by atoms with E-state index < -0.39 is 5.91 Å². The number of aryl methyl sites for hydroxylation is 3. The zero-order valence-electron chi connectivity index (χ0n) is 21.4. The molecule has 0 aliphatic heterocycles. The summed E-state index contributed by atoms with van der Waals surface area (Å²) in [5, 5.41) is 10.00. The third kappa shape index (κ3) is 6.16. The SMILES string of the molecule is CCn1cc(NC(=O)c2ccc(OC)c(COc3cc(C)ccc3C)c2)c(C(=O)Nc2ccccc2)n1. The van der Waals surface area contributed by atoms with E-state index in [0.29, 0.717) is 29.2 Å². The predicted molar refractivity (Wildman–Crippen MR) is 143 cm³/mol. The van der Waals surface area contributed by atoms with Gasteiger partial charge in [-0.1, -0.05) is 30.3 Å². The first-order valence-electron chi connectivity index (χ1n) is 12.0. The lowest BCUT2D eigenvalue weighted by molar-refractivity contribution is 0.102. The second kappa shape index (κ2) is 11.4. The van der Waals surface area contributed by atoms with Gasteiger partial charge in [-0.3, -0.25) is 14.3 Å². The highest BCUT2D eigenvalue weighted by Gasteiger charge is 2.20. The van der Waals surface area contributed by atoms with Crippen LogP contribution in [0, 0.1) is 13.8 Å². The Morgan fingerprint density at radius 2 is 1.70 bits per heavy atom. The summed E-state index contributed by atoms with van der Waals surface area (Å²) in [5.74, 6) is 0.604. The van der Waals surface area contributed by atoms with Gasteiger partial charge in [-0.05, 0) is 68.3 Å². The molecule has 4 rings (SSSR count). The monoisotopic (exact) mass is 498 g/mol. The molecule has 190 valence electrons. The molecule has 0 bridgehead atoms. The molecule has 0 saturated heterocycles. The van der Waals surface area contributed by atoms with E-state index in [2.05, 4.69) is 15.7 Å². The first-order valence-corrected chi connectivity index (χ1v) is 12.0. The van der Waals surface area contributed by atoms with Crippen molar-refractivity contribution in [3.8, 4) is 11.5 Å². The Morgan fingerprint density at radius 1 is 0.919 bits per heavy atom. The number of carbonyl (C=O) groups is 2. The summed E-state index contributed by atoms with van der Waals surface area (Å²) in [6.07, 6.45) is 1.64. The average molecular weight is 499 g/mol. The molecule has 0 aliphatic rings. The number of aromatic nitrogens is 2. The lowest BCUT2D eigenvalue weighted by atomic mass is 10.1. The molecule has 0 atom stereocenters. The van der Waals surface area contributed by atoms with E-state index in [4.69, 9.17) is 9.47 Å². The maximum atomic E-state index is 13.2. The van der Waals surface area contributed by atoms with Crippen molar-refractivity contribution in [2.75, 3.05) is 17.7 Å². The molecule has 4 aromatic rings. The maximum absolute atomic E-state index is 13.2. The quantitative estimate of drug-likeness (QED) is 0.313. The summed E-state index contributed by atoms with van der Waals surface area (Å²) in [4.78, 5) is 26.1. The highest BCUT2D eigenvalue weighted by molar-refractivity contribution is 6.11. The normalized spacial score (nSPS) is 10.6. The number of ether oxygens (including phenoxy) is 2. The molecular weight excluding hydrogens is 468 g/mol. The first-order chi connectivity index (χ1) is 17.9. The molecule has 2 amide bonds. The molecule has 2 N–H and O–H groups in total. The van der Waals surface area contributed by atoms with Crippen molar-refractivity contribution < 1.29 is 19.1 Å². The largest absolute Gasteiger partial charge is 0.496 e. The second-order valence-corrected chi connectivity index (χ2v) is 8.61. The summed E-state index contributed by atoms with van der Waals surface area (Å²) in [7, 11) is 1.58. The number of para-hydroxylation sites is 1. The Kier molecular flexibility index (Phi) is 7.88. The van der Waals surface area contributed by atoms with Crippen LogP contribution in [0.15, 0.2) is 72.9 Å². The average Bonchev–Trinajstić information content (AvgIpc) is 3.32. The zero-order chi connectivity index (χ0) is 26.4. The molecule has 1 aromatic heterocycles. The van der Waals surface area contributed by atoms with Gasteiger partial charge in [0.15, 0.2) is 5.69 Å². The molecule has 0 unspecified atom stereocenters. The number of anilines is 2. The molecule has 0 fully saturated rings. The van der Waals surface area contributed by atoms with Crippen LogP contribution in [0.2, 0.25) is 0 Å². The second-order valence-electron chi connectivity index (χ2n) is 8.61. The lowest BCUT2D eigenvalue weighted by Gasteiger charge is -2.14. The molecule has 0 spiro atoms. The van der Waals surface area contributed by atoms with Crippen molar-refractivity contribution in [1.82, 2.24) is 9.78 Å².